The van der Waals surface area contributed by atoms with Crippen molar-refractivity contribution >= 4 is 34.8 Å². The highest BCUT2D eigenvalue weighted by molar-refractivity contribution is 6.42. The number of hydrogen-bond acceptors (Lipinski definition) is 3. The van der Waals surface area contributed by atoms with Gasteiger partial charge >= 0.3 is 0 Å². The van der Waals surface area contributed by atoms with E-state index in [1.165, 1.54) is 10.8 Å². The number of amides is 1. The SMILES string of the molecule is CCOc1cccn(CC(=O)Nc2ccc(Cl)c(Cl)c2)c1=O. The summed E-state index contributed by atoms with van der Waals surface area (Å²) >= 11 is 11.7. The molecular formula is C15H14Cl2N2O3. The monoisotopic (exact) mass is 340 g/mol. The topological polar surface area (TPSA) is 60.3 Å². The maximum absolute atomic E-state index is 12.1. The molecule has 7 heteroatoms. The lowest BCUT2D eigenvalue weighted by Crippen LogP contribution is -2.28. The van der Waals surface area contributed by atoms with Gasteiger partial charge in [0.25, 0.3) is 5.56 Å². The van der Waals surface area contributed by atoms with E-state index in [0.29, 0.717) is 22.3 Å². The van der Waals surface area contributed by atoms with Crippen LogP contribution in [0.3, 0.4) is 0 Å². The lowest BCUT2D eigenvalue weighted by atomic mass is 10.3. The summed E-state index contributed by atoms with van der Waals surface area (Å²) in [7, 11) is 0. The fourth-order valence-corrected chi connectivity index (χ4v) is 2.13. The number of hydrogen-bond donors (Lipinski definition) is 1. The molecule has 22 heavy (non-hydrogen) atoms. The molecule has 2 rings (SSSR count). The number of carbonyl (C=O) groups excluding carboxylic acids is 1. The Bertz CT molecular complexity index is 744. The molecule has 0 saturated heterocycles. The molecule has 0 spiro atoms. The largest absolute Gasteiger partial charge is 0.488 e. The molecule has 0 fully saturated rings. The average molecular weight is 341 g/mol. The molecule has 0 atom stereocenters. The molecule has 1 aromatic heterocycles. The Hall–Kier alpha value is -1.98. The van der Waals surface area contributed by atoms with Gasteiger partial charge in [-0.05, 0) is 37.3 Å². The standard InChI is InChI=1S/C15H14Cl2N2O3/c1-2-22-13-4-3-7-19(15(13)21)9-14(20)18-10-5-6-11(16)12(17)8-10/h3-8H,2,9H2,1H3,(H,18,20). The molecule has 0 aliphatic rings. The van der Waals surface area contributed by atoms with Crippen molar-refractivity contribution < 1.29 is 9.53 Å². The number of anilines is 1. The van der Waals surface area contributed by atoms with Crippen molar-refractivity contribution in [3.63, 3.8) is 0 Å². The second kappa shape index (κ2) is 7.33. The first-order valence-electron chi connectivity index (χ1n) is 6.58. The van der Waals surface area contributed by atoms with E-state index in [1.807, 2.05) is 0 Å². The van der Waals surface area contributed by atoms with Gasteiger partial charge in [-0.1, -0.05) is 23.2 Å². The molecule has 5 nitrogen and oxygen atoms in total. The number of carbonyl (C=O) groups is 1. The number of benzene rings is 1. The Morgan fingerprint density at radius 1 is 1.27 bits per heavy atom. The maximum Gasteiger partial charge on any atom is 0.293 e. The summed E-state index contributed by atoms with van der Waals surface area (Å²) in [5.74, 6) is -0.138. The number of halogens is 2. The van der Waals surface area contributed by atoms with E-state index in [9.17, 15) is 9.59 Å². The number of nitrogens with one attached hydrogen (secondary N) is 1. The lowest BCUT2D eigenvalue weighted by molar-refractivity contribution is -0.116. The van der Waals surface area contributed by atoms with Crippen LogP contribution in [0.5, 0.6) is 5.75 Å². The minimum Gasteiger partial charge on any atom is -0.488 e. The van der Waals surface area contributed by atoms with Crippen LogP contribution in [-0.2, 0) is 11.3 Å². The summed E-state index contributed by atoms with van der Waals surface area (Å²) in [6, 6.07) is 7.98. The van der Waals surface area contributed by atoms with Crippen molar-refractivity contribution in [2.24, 2.45) is 0 Å². The minimum atomic E-state index is -0.353. The molecule has 1 aromatic carbocycles. The van der Waals surface area contributed by atoms with Crippen LogP contribution in [0.2, 0.25) is 10.0 Å². The van der Waals surface area contributed by atoms with Crippen LogP contribution >= 0.6 is 23.2 Å². The van der Waals surface area contributed by atoms with E-state index in [0.717, 1.165) is 0 Å². The van der Waals surface area contributed by atoms with E-state index >= 15 is 0 Å². The summed E-state index contributed by atoms with van der Waals surface area (Å²) in [6.07, 6.45) is 1.53. The third-order valence-corrected chi connectivity index (χ3v) is 3.54. The van der Waals surface area contributed by atoms with Crippen LogP contribution in [0.4, 0.5) is 5.69 Å². The summed E-state index contributed by atoms with van der Waals surface area (Å²) in [5, 5.41) is 3.40. The first kappa shape index (κ1) is 16.4. The predicted octanol–water partition coefficient (Wildman–Crippen LogP) is 3.19. The van der Waals surface area contributed by atoms with Gasteiger partial charge in [0, 0.05) is 11.9 Å². The van der Waals surface area contributed by atoms with Crippen LogP contribution in [-0.4, -0.2) is 17.1 Å². The number of nitrogens with zero attached hydrogens (tertiary/aromatic N) is 1. The second-order valence-corrected chi connectivity index (χ2v) is 5.23. The number of rotatable bonds is 5. The fraction of sp³-hybridized carbons (Fsp3) is 0.200. The van der Waals surface area contributed by atoms with Crippen molar-refractivity contribution in [1.82, 2.24) is 4.57 Å². The van der Waals surface area contributed by atoms with Gasteiger partial charge in [-0.2, -0.15) is 0 Å². The van der Waals surface area contributed by atoms with Crippen LogP contribution in [0, 0.1) is 0 Å². The maximum atomic E-state index is 12.1. The fourth-order valence-electron chi connectivity index (χ4n) is 1.83. The molecule has 0 aliphatic carbocycles. The van der Waals surface area contributed by atoms with Gasteiger partial charge < -0.3 is 14.6 Å². The van der Waals surface area contributed by atoms with Crippen LogP contribution in [0.1, 0.15) is 6.92 Å². The van der Waals surface area contributed by atoms with Crippen LogP contribution in [0.15, 0.2) is 41.3 Å². The minimum absolute atomic E-state index is 0.125. The zero-order valence-corrected chi connectivity index (χ0v) is 13.3. The molecule has 0 bridgehead atoms. The first-order chi connectivity index (χ1) is 10.5. The number of pyridine rings is 1. The van der Waals surface area contributed by atoms with Gasteiger partial charge in [0.05, 0.1) is 16.7 Å². The zero-order chi connectivity index (χ0) is 16.1. The van der Waals surface area contributed by atoms with E-state index in [-0.39, 0.29) is 23.8 Å². The number of ether oxygens (including phenoxy) is 1. The number of aromatic nitrogens is 1. The Balaban J connectivity index is 2.10. The molecule has 2 aromatic rings. The Morgan fingerprint density at radius 2 is 2.05 bits per heavy atom. The molecule has 0 aliphatic heterocycles. The smallest absolute Gasteiger partial charge is 0.293 e. The van der Waals surface area contributed by atoms with E-state index in [4.69, 9.17) is 27.9 Å². The molecule has 1 heterocycles. The van der Waals surface area contributed by atoms with Gasteiger partial charge in [0.2, 0.25) is 5.91 Å². The molecular weight excluding hydrogens is 327 g/mol. The molecule has 0 saturated carbocycles. The summed E-state index contributed by atoms with van der Waals surface area (Å²) in [4.78, 5) is 24.1. The van der Waals surface area contributed by atoms with Gasteiger partial charge in [-0.25, -0.2) is 0 Å². The van der Waals surface area contributed by atoms with E-state index in [2.05, 4.69) is 5.32 Å². The van der Waals surface area contributed by atoms with E-state index < -0.39 is 0 Å². The van der Waals surface area contributed by atoms with Gasteiger partial charge in [-0.3, -0.25) is 9.59 Å². The van der Waals surface area contributed by atoms with Crippen molar-refractivity contribution in [1.29, 1.82) is 0 Å². The molecule has 0 radical (unpaired) electrons. The Morgan fingerprint density at radius 3 is 2.73 bits per heavy atom. The molecule has 1 amide bonds. The van der Waals surface area contributed by atoms with Crippen molar-refractivity contribution in [3.8, 4) is 5.75 Å². The van der Waals surface area contributed by atoms with E-state index in [1.54, 1.807) is 37.3 Å². The molecule has 1 N–H and O–H groups in total. The summed E-state index contributed by atoms with van der Waals surface area (Å²) < 4.78 is 6.48. The highest BCUT2D eigenvalue weighted by Gasteiger charge is 2.09. The Kier molecular flexibility index (Phi) is 5.46. The summed E-state index contributed by atoms with van der Waals surface area (Å²) in [5.41, 5.74) is 0.155. The molecule has 116 valence electrons. The highest BCUT2D eigenvalue weighted by Crippen LogP contribution is 2.24. The lowest BCUT2D eigenvalue weighted by Gasteiger charge is -2.09. The normalized spacial score (nSPS) is 10.3. The highest BCUT2D eigenvalue weighted by atomic mass is 35.5. The van der Waals surface area contributed by atoms with Crippen molar-refractivity contribution in [2.45, 2.75) is 13.5 Å². The first-order valence-corrected chi connectivity index (χ1v) is 7.34. The average Bonchev–Trinajstić information content (AvgIpc) is 2.47. The summed E-state index contributed by atoms with van der Waals surface area (Å²) in [6.45, 7) is 2.04. The van der Waals surface area contributed by atoms with Crippen LogP contribution < -0.4 is 15.6 Å². The molecule has 0 unspecified atom stereocenters. The zero-order valence-electron chi connectivity index (χ0n) is 11.8. The predicted molar refractivity (Wildman–Crippen MR) is 87.0 cm³/mol. The quantitative estimate of drug-likeness (QED) is 0.909. The third kappa shape index (κ3) is 4.02. The third-order valence-electron chi connectivity index (χ3n) is 2.80. The van der Waals surface area contributed by atoms with Crippen LogP contribution in [0.25, 0.3) is 0 Å². The van der Waals surface area contributed by atoms with Crippen molar-refractivity contribution in [3.05, 3.63) is 56.9 Å². The van der Waals surface area contributed by atoms with Gasteiger partial charge in [0.1, 0.15) is 6.54 Å². The Labute approximate surface area is 137 Å². The second-order valence-electron chi connectivity index (χ2n) is 4.42. The van der Waals surface area contributed by atoms with Crippen molar-refractivity contribution in [2.75, 3.05) is 11.9 Å². The van der Waals surface area contributed by atoms with Gasteiger partial charge in [0.15, 0.2) is 5.75 Å². The van der Waals surface area contributed by atoms with Gasteiger partial charge in [-0.15, -0.1) is 0 Å².